The number of fused-ring (bicyclic) bond motifs is 1. The van der Waals surface area contributed by atoms with Gasteiger partial charge < -0.3 is 10.4 Å². The largest absolute Gasteiger partial charge is 0.388 e. The zero-order chi connectivity index (χ0) is 12.6. The van der Waals surface area contributed by atoms with Crippen molar-refractivity contribution in [3.05, 3.63) is 30.0 Å². The van der Waals surface area contributed by atoms with Crippen LogP contribution in [0.3, 0.4) is 0 Å². The van der Waals surface area contributed by atoms with Crippen LogP contribution in [0.1, 0.15) is 25.0 Å². The Balaban J connectivity index is 1.90. The van der Waals surface area contributed by atoms with Crippen LogP contribution >= 0.6 is 0 Å². The summed E-state index contributed by atoms with van der Waals surface area (Å²) in [5.41, 5.74) is 0.381. The highest BCUT2D eigenvalue weighted by Crippen LogP contribution is 2.32. The number of aliphatic hydroxyl groups is 1. The first-order valence-corrected chi connectivity index (χ1v) is 6.36. The summed E-state index contributed by atoms with van der Waals surface area (Å²) in [5, 5.41) is 23.8. The molecule has 4 heteroatoms. The van der Waals surface area contributed by atoms with Crippen molar-refractivity contribution >= 4 is 16.6 Å². The van der Waals surface area contributed by atoms with Gasteiger partial charge in [0.1, 0.15) is 0 Å². The number of anilines is 1. The van der Waals surface area contributed by atoms with Gasteiger partial charge in [0.05, 0.1) is 11.3 Å². The van der Waals surface area contributed by atoms with Gasteiger partial charge in [0.25, 0.3) is 0 Å². The topological polar surface area (TPSA) is 58.0 Å². The predicted molar refractivity (Wildman–Crippen MR) is 71.6 cm³/mol. The van der Waals surface area contributed by atoms with E-state index in [0.29, 0.717) is 6.54 Å². The molecule has 1 aromatic carbocycles. The highest BCUT2D eigenvalue weighted by molar-refractivity contribution is 5.92. The Kier molecular flexibility index (Phi) is 2.67. The molecule has 0 spiro atoms. The molecule has 0 atom stereocenters. The molecule has 1 aromatic heterocycles. The molecule has 1 saturated carbocycles. The molecule has 4 nitrogen and oxygen atoms in total. The molecule has 3 rings (SSSR count). The van der Waals surface area contributed by atoms with Gasteiger partial charge in [0.2, 0.25) is 0 Å². The van der Waals surface area contributed by atoms with Crippen LogP contribution in [0.25, 0.3) is 10.8 Å². The summed E-state index contributed by atoms with van der Waals surface area (Å²) in [6, 6.07) is 8.07. The van der Waals surface area contributed by atoms with E-state index in [1.807, 2.05) is 31.2 Å². The molecule has 0 radical (unpaired) electrons. The van der Waals surface area contributed by atoms with Crippen LogP contribution in [0.4, 0.5) is 5.82 Å². The van der Waals surface area contributed by atoms with E-state index in [0.717, 1.165) is 41.5 Å². The third-order valence-electron chi connectivity index (χ3n) is 3.74. The predicted octanol–water partition coefficient (Wildman–Crippen LogP) is 2.27. The maximum Gasteiger partial charge on any atom is 0.156 e. The molecule has 1 aliphatic carbocycles. The van der Waals surface area contributed by atoms with Crippen LogP contribution in [0.5, 0.6) is 0 Å². The lowest BCUT2D eigenvalue weighted by molar-refractivity contribution is -0.0202. The molecule has 1 heterocycles. The van der Waals surface area contributed by atoms with E-state index < -0.39 is 5.60 Å². The minimum absolute atomic E-state index is 0.548. The lowest BCUT2D eigenvalue weighted by Crippen LogP contribution is -2.43. The van der Waals surface area contributed by atoms with Gasteiger partial charge in [0, 0.05) is 17.3 Å². The molecular formula is C14H17N3O. The lowest BCUT2D eigenvalue weighted by atomic mass is 9.80. The number of hydrogen-bond acceptors (Lipinski definition) is 4. The number of benzene rings is 1. The Morgan fingerprint density at radius 2 is 1.94 bits per heavy atom. The molecule has 0 bridgehead atoms. The zero-order valence-electron chi connectivity index (χ0n) is 10.5. The van der Waals surface area contributed by atoms with Crippen LogP contribution in [0.15, 0.2) is 24.3 Å². The summed E-state index contributed by atoms with van der Waals surface area (Å²) in [5.74, 6) is 0.761. The summed E-state index contributed by atoms with van der Waals surface area (Å²) in [7, 11) is 0. The van der Waals surface area contributed by atoms with E-state index in [4.69, 9.17) is 0 Å². The van der Waals surface area contributed by atoms with E-state index in [2.05, 4.69) is 15.5 Å². The van der Waals surface area contributed by atoms with Gasteiger partial charge in [-0.3, -0.25) is 0 Å². The third kappa shape index (κ3) is 1.93. The Morgan fingerprint density at radius 3 is 2.61 bits per heavy atom. The van der Waals surface area contributed by atoms with Crippen molar-refractivity contribution in [2.24, 2.45) is 0 Å². The summed E-state index contributed by atoms with van der Waals surface area (Å²) >= 11 is 0. The first kappa shape index (κ1) is 11.4. The fourth-order valence-electron chi connectivity index (χ4n) is 2.38. The van der Waals surface area contributed by atoms with Crippen molar-refractivity contribution in [3.8, 4) is 0 Å². The Morgan fingerprint density at radius 1 is 1.22 bits per heavy atom. The number of aryl methyl sites for hydroxylation is 1. The van der Waals surface area contributed by atoms with Crippen molar-refractivity contribution in [1.29, 1.82) is 0 Å². The van der Waals surface area contributed by atoms with Gasteiger partial charge in [-0.1, -0.05) is 24.3 Å². The minimum atomic E-state index is -0.548. The minimum Gasteiger partial charge on any atom is -0.388 e. The molecule has 1 aliphatic rings. The fraction of sp³-hybridized carbons (Fsp3) is 0.429. The maximum absolute atomic E-state index is 10.1. The summed E-state index contributed by atoms with van der Waals surface area (Å²) in [6.45, 7) is 2.51. The molecular weight excluding hydrogens is 226 g/mol. The first-order chi connectivity index (χ1) is 8.68. The Labute approximate surface area is 106 Å². The number of nitrogens with one attached hydrogen (secondary N) is 1. The number of hydrogen-bond donors (Lipinski definition) is 2. The molecule has 0 unspecified atom stereocenters. The van der Waals surface area contributed by atoms with E-state index in [1.54, 1.807) is 0 Å². The zero-order valence-corrected chi connectivity index (χ0v) is 10.5. The van der Waals surface area contributed by atoms with E-state index >= 15 is 0 Å². The molecule has 2 N–H and O–H groups in total. The molecule has 1 fully saturated rings. The molecule has 2 aromatic rings. The van der Waals surface area contributed by atoms with E-state index in [-0.39, 0.29) is 0 Å². The summed E-state index contributed by atoms with van der Waals surface area (Å²) in [4.78, 5) is 0. The van der Waals surface area contributed by atoms with Gasteiger partial charge in [-0.15, -0.1) is 5.10 Å². The maximum atomic E-state index is 10.1. The number of nitrogens with zero attached hydrogens (tertiary/aromatic N) is 2. The van der Waals surface area contributed by atoms with Crippen molar-refractivity contribution in [3.63, 3.8) is 0 Å². The summed E-state index contributed by atoms with van der Waals surface area (Å²) < 4.78 is 0. The average Bonchev–Trinajstić information content (AvgIpc) is 2.36. The Hall–Kier alpha value is -1.68. The van der Waals surface area contributed by atoms with Crippen molar-refractivity contribution in [2.75, 3.05) is 11.9 Å². The standard InChI is InChI=1S/C14H17N3O/c1-10-11-5-2-3-6-12(11)13(17-16-10)15-9-14(18)7-4-8-14/h2-3,5-6,18H,4,7-9H2,1H3,(H,15,17). The SMILES string of the molecule is Cc1nnc(NCC2(O)CCC2)c2ccccc12. The van der Waals surface area contributed by atoms with Crippen LogP contribution in [-0.4, -0.2) is 27.4 Å². The van der Waals surface area contributed by atoms with E-state index in [9.17, 15) is 5.11 Å². The normalized spacial score (nSPS) is 17.4. The van der Waals surface area contributed by atoms with Crippen LogP contribution < -0.4 is 5.32 Å². The lowest BCUT2D eigenvalue weighted by Gasteiger charge is -2.36. The number of aromatic nitrogens is 2. The highest BCUT2D eigenvalue weighted by atomic mass is 16.3. The quantitative estimate of drug-likeness (QED) is 0.868. The van der Waals surface area contributed by atoms with Crippen LogP contribution in [0.2, 0.25) is 0 Å². The second-order valence-electron chi connectivity index (χ2n) is 5.11. The third-order valence-corrected chi connectivity index (χ3v) is 3.74. The van der Waals surface area contributed by atoms with Gasteiger partial charge in [-0.2, -0.15) is 5.10 Å². The van der Waals surface area contributed by atoms with Crippen molar-refractivity contribution in [1.82, 2.24) is 10.2 Å². The second kappa shape index (κ2) is 4.21. The average molecular weight is 243 g/mol. The fourth-order valence-corrected chi connectivity index (χ4v) is 2.38. The van der Waals surface area contributed by atoms with Crippen molar-refractivity contribution < 1.29 is 5.11 Å². The smallest absolute Gasteiger partial charge is 0.156 e. The second-order valence-corrected chi connectivity index (χ2v) is 5.11. The van der Waals surface area contributed by atoms with Crippen LogP contribution in [0, 0.1) is 6.92 Å². The highest BCUT2D eigenvalue weighted by Gasteiger charge is 2.34. The first-order valence-electron chi connectivity index (χ1n) is 6.36. The monoisotopic (exact) mass is 243 g/mol. The molecule has 94 valence electrons. The summed E-state index contributed by atoms with van der Waals surface area (Å²) in [6.07, 6.45) is 2.85. The van der Waals surface area contributed by atoms with Crippen LogP contribution in [-0.2, 0) is 0 Å². The Bertz CT molecular complexity index is 578. The van der Waals surface area contributed by atoms with Gasteiger partial charge >= 0.3 is 0 Å². The van der Waals surface area contributed by atoms with Gasteiger partial charge in [-0.25, -0.2) is 0 Å². The molecule has 0 saturated heterocycles. The van der Waals surface area contributed by atoms with Gasteiger partial charge in [-0.05, 0) is 26.2 Å². The van der Waals surface area contributed by atoms with Crippen molar-refractivity contribution in [2.45, 2.75) is 31.8 Å². The molecule has 0 aliphatic heterocycles. The molecule has 18 heavy (non-hydrogen) atoms. The molecule has 0 amide bonds. The van der Waals surface area contributed by atoms with E-state index in [1.165, 1.54) is 0 Å². The van der Waals surface area contributed by atoms with Gasteiger partial charge in [0.15, 0.2) is 5.82 Å². The number of rotatable bonds is 3.